The third kappa shape index (κ3) is 3.68. The molecule has 3 aromatic rings. The van der Waals surface area contributed by atoms with E-state index in [1.165, 1.54) is 0 Å². The Hall–Kier alpha value is -1.95. The molecular formula is C20H18BrNO2S. The molecule has 0 aliphatic rings. The molecule has 0 spiro atoms. The van der Waals surface area contributed by atoms with Crippen molar-refractivity contribution >= 4 is 26.0 Å². The van der Waals surface area contributed by atoms with Crippen LogP contribution in [0.4, 0.5) is 0 Å². The molecule has 0 aliphatic heterocycles. The first-order valence-corrected chi connectivity index (χ1v) is 10.1. The van der Waals surface area contributed by atoms with Crippen LogP contribution in [0, 0.1) is 0 Å². The fraction of sp³-hybridized carbons (Fsp3) is 0.100. The van der Waals surface area contributed by atoms with Crippen LogP contribution in [0.5, 0.6) is 0 Å². The van der Waals surface area contributed by atoms with Gasteiger partial charge < -0.3 is 0 Å². The molecule has 0 radical (unpaired) electrons. The summed E-state index contributed by atoms with van der Waals surface area (Å²) in [6.07, 6.45) is 0. The van der Waals surface area contributed by atoms with Gasteiger partial charge in [0.05, 0.1) is 10.4 Å². The van der Waals surface area contributed by atoms with Crippen molar-refractivity contribution in [3.05, 3.63) is 101 Å². The Labute approximate surface area is 156 Å². The maximum Gasteiger partial charge on any atom is 0.242 e. The molecule has 1 N–H and O–H groups in total. The molecule has 0 saturated carbocycles. The average molecular weight is 416 g/mol. The van der Waals surface area contributed by atoms with Crippen molar-refractivity contribution in [2.24, 2.45) is 0 Å². The lowest BCUT2D eigenvalue weighted by atomic mass is 9.86. The second-order valence-electron chi connectivity index (χ2n) is 5.89. The van der Waals surface area contributed by atoms with E-state index in [4.69, 9.17) is 0 Å². The van der Waals surface area contributed by atoms with Crippen LogP contribution in [0.1, 0.15) is 18.1 Å². The zero-order chi connectivity index (χ0) is 17.9. The topological polar surface area (TPSA) is 46.2 Å². The first kappa shape index (κ1) is 17.9. The van der Waals surface area contributed by atoms with E-state index < -0.39 is 15.6 Å². The fourth-order valence-corrected chi connectivity index (χ4v) is 5.20. The van der Waals surface area contributed by atoms with Crippen molar-refractivity contribution in [2.45, 2.75) is 17.4 Å². The summed E-state index contributed by atoms with van der Waals surface area (Å²) in [6.45, 7) is 1.88. The number of hydrogen-bond acceptors (Lipinski definition) is 2. The van der Waals surface area contributed by atoms with Gasteiger partial charge in [-0.25, -0.2) is 8.42 Å². The molecule has 25 heavy (non-hydrogen) atoms. The van der Waals surface area contributed by atoms with Crippen LogP contribution in [0.2, 0.25) is 0 Å². The summed E-state index contributed by atoms with van der Waals surface area (Å²) in [5.41, 5.74) is 0.852. The van der Waals surface area contributed by atoms with Gasteiger partial charge in [-0.2, -0.15) is 4.72 Å². The molecule has 0 atom stereocenters. The summed E-state index contributed by atoms with van der Waals surface area (Å²) >= 11 is 3.33. The highest BCUT2D eigenvalue weighted by atomic mass is 79.9. The predicted molar refractivity (Wildman–Crippen MR) is 104 cm³/mol. The van der Waals surface area contributed by atoms with E-state index in [1.54, 1.807) is 24.3 Å². The van der Waals surface area contributed by atoms with E-state index in [9.17, 15) is 8.42 Å². The molecule has 0 aliphatic carbocycles. The van der Waals surface area contributed by atoms with Gasteiger partial charge in [-0.15, -0.1) is 0 Å². The Morgan fingerprint density at radius 3 is 1.68 bits per heavy atom. The third-order valence-electron chi connectivity index (χ3n) is 4.17. The minimum atomic E-state index is -3.74. The molecule has 3 aromatic carbocycles. The monoisotopic (exact) mass is 415 g/mol. The van der Waals surface area contributed by atoms with E-state index in [0.717, 1.165) is 11.1 Å². The second kappa shape index (κ2) is 7.12. The van der Waals surface area contributed by atoms with Crippen molar-refractivity contribution < 1.29 is 8.42 Å². The summed E-state index contributed by atoms with van der Waals surface area (Å²) in [6, 6.07) is 26.0. The van der Waals surface area contributed by atoms with E-state index in [-0.39, 0.29) is 4.90 Å². The molecule has 128 valence electrons. The van der Waals surface area contributed by atoms with Crippen LogP contribution in [-0.4, -0.2) is 8.42 Å². The first-order chi connectivity index (χ1) is 11.9. The lowest BCUT2D eigenvalue weighted by Crippen LogP contribution is -2.44. The maximum atomic E-state index is 13.1. The van der Waals surface area contributed by atoms with Crippen molar-refractivity contribution in [2.75, 3.05) is 0 Å². The van der Waals surface area contributed by atoms with Crippen LogP contribution < -0.4 is 4.72 Å². The van der Waals surface area contributed by atoms with E-state index >= 15 is 0 Å². The van der Waals surface area contributed by atoms with Gasteiger partial charge in [0.25, 0.3) is 0 Å². The highest BCUT2D eigenvalue weighted by Gasteiger charge is 2.34. The highest BCUT2D eigenvalue weighted by molar-refractivity contribution is 9.10. The Morgan fingerprint density at radius 2 is 1.20 bits per heavy atom. The minimum absolute atomic E-state index is 0.216. The largest absolute Gasteiger partial charge is 0.242 e. The summed E-state index contributed by atoms with van der Waals surface area (Å²) < 4.78 is 29.6. The molecule has 0 heterocycles. The molecule has 0 bridgehead atoms. The van der Waals surface area contributed by atoms with Gasteiger partial charge in [-0.05, 0) is 46.1 Å². The van der Waals surface area contributed by atoms with Gasteiger partial charge in [0.15, 0.2) is 0 Å². The molecule has 0 saturated heterocycles. The van der Waals surface area contributed by atoms with Gasteiger partial charge in [-0.3, -0.25) is 0 Å². The van der Waals surface area contributed by atoms with Crippen LogP contribution in [0.3, 0.4) is 0 Å². The standard InChI is InChI=1S/C20H18BrNO2S/c1-20(16-10-4-2-5-11-16,17-12-6-3-7-13-17)22-25(23,24)19-15-9-8-14-18(19)21/h2-15,22H,1H3. The van der Waals surface area contributed by atoms with Crippen molar-refractivity contribution in [3.63, 3.8) is 0 Å². The van der Waals surface area contributed by atoms with E-state index in [2.05, 4.69) is 20.7 Å². The Balaban J connectivity index is 2.13. The summed E-state index contributed by atoms with van der Waals surface area (Å²) in [4.78, 5) is 0.216. The summed E-state index contributed by atoms with van der Waals surface area (Å²) in [5.74, 6) is 0. The van der Waals surface area contributed by atoms with Crippen molar-refractivity contribution in [1.82, 2.24) is 4.72 Å². The Bertz CT molecular complexity index is 918. The predicted octanol–water partition coefficient (Wildman–Crippen LogP) is 4.69. The first-order valence-electron chi connectivity index (χ1n) is 7.83. The number of halogens is 1. The molecule has 3 rings (SSSR count). The van der Waals surface area contributed by atoms with Gasteiger partial charge in [0, 0.05) is 4.47 Å². The quantitative estimate of drug-likeness (QED) is 0.656. The SMILES string of the molecule is CC(NS(=O)(=O)c1ccccc1Br)(c1ccccc1)c1ccccc1. The van der Waals surface area contributed by atoms with Gasteiger partial charge >= 0.3 is 0 Å². The zero-order valence-corrected chi connectivity index (χ0v) is 16.1. The minimum Gasteiger partial charge on any atom is -0.207 e. The van der Waals surface area contributed by atoms with Gasteiger partial charge in [0.1, 0.15) is 0 Å². The van der Waals surface area contributed by atoms with Crippen LogP contribution in [-0.2, 0) is 15.6 Å². The summed E-state index contributed by atoms with van der Waals surface area (Å²) in [5, 5.41) is 0. The number of sulfonamides is 1. The number of rotatable bonds is 5. The number of nitrogens with one attached hydrogen (secondary N) is 1. The smallest absolute Gasteiger partial charge is 0.207 e. The van der Waals surface area contributed by atoms with Crippen molar-refractivity contribution in [1.29, 1.82) is 0 Å². The van der Waals surface area contributed by atoms with E-state index in [1.807, 2.05) is 67.6 Å². The van der Waals surface area contributed by atoms with Gasteiger partial charge in [-0.1, -0.05) is 72.8 Å². The average Bonchev–Trinajstić information content (AvgIpc) is 2.63. The number of hydrogen-bond donors (Lipinski definition) is 1. The summed E-state index contributed by atoms with van der Waals surface area (Å²) in [7, 11) is -3.74. The second-order valence-corrected chi connectivity index (χ2v) is 8.40. The molecular weight excluding hydrogens is 398 g/mol. The lowest BCUT2D eigenvalue weighted by Gasteiger charge is -2.32. The third-order valence-corrected chi connectivity index (χ3v) is 6.73. The fourth-order valence-electron chi connectivity index (χ4n) is 2.81. The molecule has 3 nitrogen and oxygen atoms in total. The normalized spacial score (nSPS) is 12.1. The lowest BCUT2D eigenvalue weighted by molar-refractivity contribution is 0.502. The Kier molecular flexibility index (Phi) is 5.08. The Morgan fingerprint density at radius 1 is 0.760 bits per heavy atom. The maximum absolute atomic E-state index is 13.1. The molecule has 0 unspecified atom stereocenters. The molecule has 0 aromatic heterocycles. The van der Waals surface area contributed by atoms with Gasteiger partial charge in [0.2, 0.25) is 10.0 Å². The van der Waals surface area contributed by atoms with Crippen LogP contribution in [0.15, 0.2) is 94.3 Å². The van der Waals surface area contributed by atoms with Crippen LogP contribution in [0.25, 0.3) is 0 Å². The molecule has 0 amide bonds. The molecule has 0 fully saturated rings. The zero-order valence-electron chi connectivity index (χ0n) is 13.7. The van der Waals surface area contributed by atoms with E-state index in [0.29, 0.717) is 4.47 Å². The van der Waals surface area contributed by atoms with Crippen molar-refractivity contribution in [3.8, 4) is 0 Å². The molecule has 5 heteroatoms. The highest BCUT2D eigenvalue weighted by Crippen LogP contribution is 2.32. The van der Waals surface area contributed by atoms with Crippen LogP contribution >= 0.6 is 15.9 Å². The number of benzene rings is 3.